The van der Waals surface area contributed by atoms with Crippen LogP contribution in [0.1, 0.15) is 18.1 Å². The van der Waals surface area contributed by atoms with Gasteiger partial charge in [0.2, 0.25) is 5.95 Å². The van der Waals surface area contributed by atoms with Gasteiger partial charge in [0.1, 0.15) is 6.67 Å². The van der Waals surface area contributed by atoms with Gasteiger partial charge in [0, 0.05) is 16.7 Å². The summed E-state index contributed by atoms with van der Waals surface area (Å²) in [6.07, 6.45) is 8.31. The van der Waals surface area contributed by atoms with Crippen LogP contribution >= 0.6 is 0 Å². The minimum atomic E-state index is 0.329. The molecular formula is C33H27N5. The predicted octanol–water partition coefficient (Wildman–Crippen LogP) is 7.84. The molecule has 5 aromatic rings. The number of benzene rings is 4. The van der Waals surface area contributed by atoms with E-state index in [4.69, 9.17) is 9.98 Å². The van der Waals surface area contributed by atoms with Gasteiger partial charge in [-0.3, -0.25) is 9.47 Å². The number of anilines is 2. The zero-order valence-electron chi connectivity index (χ0n) is 21.2. The molecule has 1 aromatic heterocycles. The third-order valence-electron chi connectivity index (χ3n) is 6.69. The van der Waals surface area contributed by atoms with Gasteiger partial charge in [-0.05, 0) is 43.5 Å². The minimum absolute atomic E-state index is 0.329. The molecule has 0 bridgehead atoms. The zero-order chi connectivity index (χ0) is 25.9. The minimum Gasteiger partial charge on any atom is -0.291 e. The number of allylic oxidation sites excluding steroid dienone is 3. The van der Waals surface area contributed by atoms with Gasteiger partial charge in [0.05, 0.1) is 22.4 Å². The van der Waals surface area contributed by atoms with Crippen LogP contribution in [0, 0.1) is 0 Å². The summed E-state index contributed by atoms with van der Waals surface area (Å²) in [6.45, 7) is 6.15. The Morgan fingerprint density at radius 2 is 1.61 bits per heavy atom. The first-order valence-corrected chi connectivity index (χ1v) is 12.6. The Balaban J connectivity index is 1.63. The molecule has 5 heteroatoms. The highest BCUT2D eigenvalue weighted by Crippen LogP contribution is 2.46. The summed E-state index contributed by atoms with van der Waals surface area (Å²) in [5.74, 6) is 1.41. The second-order valence-electron chi connectivity index (χ2n) is 8.95. The van der Waals surface area contributed by atoms with Crippen LogP contribution in [0.3, 0.4) is 0 Å². The van der Waals surface area contributed by atoms with Gasteiger partial charge >= 0.3 is 0 Å². The fraction of sp³-hybridized carbons (Fsp3) is 0.0606. The molecule has 2 heterocycles. The van der Waals surface area contributed by atoms with Crippen molar-refractivity contribution in [1.29, 1.82) is 0 Å². The Hall–Kier alpha value is -5.03. The van der Waals surface area contributed by atoms with Crippen LogP contribution < -0.4 is 4.90 Å². The quantitative estimate of drug-likeness (QED) is 0.142. The van der Waals surface area contributed by atoms with Crippen LogP contribution in [0.25, 0.3) is 33.9 Å². The lowest BCUT2D eigenvalue weighted by molar-refractivity contribution is 0.913. The molecule has 0 spiro atoms. The van der Waals surface area contributed by atoms with E-state index in [0.29, 0.717) is 12.5 Å². The lowest BCUT2D eigenvalue weighted by atomic mass is 9.95. The van der Waals surface area contributed by atoms with Crippen molar-refractivity contribution in [2.24, 2.45) is 9.98 Å². The van der Waals surface area contributed by atoms with E-state index in [1.165, 1.54) is 0 Å². The van der Waals surface area contributed by atoms with Crippen molar-refractivity contribution in [2.45, 2.75) is 6.92 Å². The highest BCUT2D eigenvalue weighted by molar-refractivity contribution is 6.02. The first-order valence-electron chi connectivity index (χ1n) is 12.6. The normalized spacial score (nSPS) is 13.0. The van der Waals surface area contributed by atoms with Crippen molar-refractivity contribution < 1.29 is 0 Å². The molecule has 0 amide bonds. The molecule has 0 N–H and O–H groups in total. The first kappa shape index (κ1) is 23.4. The fourth-order valence-electron chi connectivity index (χ4n) is 5.00. The molecule has 0 radical (unpaired) electrons. The number of imidazole rings is 1. The number of nitrogens with zero attached hydrogens (tertiary/aromatic N) is 5. The maximum absolute atomic E-state index is 5.12. The van der Waals surface area contributed by atoms with Gasteiger partial charge in [-0.25, -0.2) is 15.0 Å². The molecule has 0 fully saturated rings. The van der Waals surface area contributed by atoms with Gasteiger partial charge in [-0.1, -0.05) is 97.1 Å². The monoisotopic (exact) mass is 493 g/mol. The average Bonchev–Trinajstić information content (AvgIpc) is 3.30. The van der Waals surface area contributed by atoms with E-state index in [9.17, 15) is 0 Å². The summed E-state index contributed by atoms with van der Waals surface area (Å²) in [5, 5.41) is 0. The molecule has 4 aromatic carbocycles. The van der Waals surface area contributed by atoms with Crippen LogP contribution in [0.5, 0.6) is 0 Å². The number of hydrogen-bond donors (Lipinski definition) is 0. The van der Waals surface area contributed by atoms with Crippen molar-refractivity contribution in [1.82, 2.24) is 9.55 Å². The van der Waals surface area contributed by atoms with Crippen LogP contribution in [-0.2, 0) is 0 Å². The third kappa shape index (κ3) is 4.04. The van der Waals surface area contributed by atoms with Gasteiger partial charge in [-0.2, -0.15) is 0 Å². The van der Waals surface area contributed by atoms with Crippen LogP contribution in [-0.4, -0.2) is 28.8 Å². The van der Waals surface area contributed by atoms with Crippen LogP contribution in [0.15, 0.2) is 125 Å². The van der Waals surface area contributed by atoms with Crippen molar-refractivity contribution in [3.63, 3.8) is 0 Å². The standard InChI is InChI=1S/C33H27N5/c1-3-4-6-14-24-17-13-22-30-31(24)26-18-9-11-20-28(26)38-29-21-12-10-19-27(29)36-33(38)37(30)23-35-32(34-2)25-15-7-5-8-16-25/h3-22H,2,23H2,1H3/b4-3-,14-6-,35-32-. The molecule has 0 saturated carbocycles. The summed E-state index contributed by atoms with van der Waals surface area (Å²) >= 11 is 0. The molecular weight excluding hydrogens is 466 g/mol. The Morgan fingerprint density at radius 3 is 2.45 bits per heavy atom. The molecule has 0 unspecified atom stereocenters. The lowest BCUT2D eigenvalue weighted by Crippen LogP contribution is -2.21. The highest BCUT2D eigenvalue weighted by Gasteiger charge is 2.28. The Bertz CT molecular complexity index is 1720. The smallest absolute Gasteiger partial charge is 0.217 e. The van der Waals surface area contributed by atoms with Gasteiger partial charge in [-0.15, -0.1) is 0 Å². The molecule has 5 nitrogen and oxygen atoms in total. The Morgan fingerprint density at radius 1 is 0.842 bits per heavy atom. The number of aliphatic imine (C=N–C) groups is 2. The molecule has 6 rings (SSSR count). The van der Waals surface area contributed by atoms with E-state index in [2.05, 4.69) is 94.0 Å². The maximum Gasteiger partial charge on any atom is 0.217 e. The van der Waals surface area contributed by atoms with E-state index < -0.39 is 0 Å². The first-order chi connectivity index (χ1) is 18.8. The van der Waals surface area contributed by atoms with E-state index >= 15 is 0 Å². The number of hydrogen-bond acceptors (Lipinski definition) is 3. The third-order valence-corrected chi connectivity index (χ3v) is 6.69. The topological polar surface area (TPSA) is 45.8 Å². The van der Waals surface area contributed by atoms with Gasteiger partial charge in [0.25, 0.3) is 0 Å². The zero-order valence-corrected chi connectivity index (χ0v) is 21.2. The van der Waals surface area contributed by atoms with Crippen molar-refractivity contribution >= 4 is 41.3 Å². The maximum atomic E-state index is 5.12. The summed E-state index contributed by atoms with van der Waals surface area (Å²) < 4.78 is 2.24. The molecule has 0 saturated heterocycles. The summed E-state index contributed by atoms with van der Waals surface area (Å²) in [6, 6.07) is 33.1. The number of fused-ring (bicyclic) bond motifs is 7. The Kier molecular flexibility index (Phi) is 6.24. The highest BCUT2D eigenvalue weighted by atomic mass is 15.4. The van der Waals surface area contributed by atoms with Crippen LogP contribution in [0.4, 0.5) is 11.6 Å². The van der Waals surface area contributed by atoms with Crippen molar-refractivity contribution in [3.8, 4) is 16.8 Å². The van der Waals surface area contributed by atoms with Gasteiger partial charge in [0.15, 0.2) is 5.84 Å². The Labute approximate surface area is 222 Å². The summed E-state index contributed by atoms with van der Waals surface area (Å²) in [5.41, 5.74) is 8.44. The number of rotatable bonds is 5. The molecule has 0 aliphatic carbocycles. The molecule has 0 atom stereocenters. The second-order valence-corrected chi connectivity index (χ2v) is 8.95. The largest absolute Gasteiger partial charge is 0.291 e. The molecule has 1 aliphatic rings. The average molecular weight is 494 g/mol. The molecule has 184 valence electrons. The van der Waals surface area contributed by atoms with E-state index in [-0.39, 0.29) is 0 Å². The van der Waals surface area contributed by atoms with Crippen molar-refractivity contribution in [2.75, 3.05) is 11.6 Å². The summed E-state index contributed by atoms with van der Waals surface area (Å²) in [7, 11) is 0. The number of aromatic nitrogens is 2. The molecule has 38 heavy (non-hydrogen) atoms. The predicted molar refractivity (Wildman–Crippen MR) is 160 cm³/mol. The second kappa shape index (κ2) is 10.1. The van der Waals surface area contributed by atoms with Gasteiger partial charge < -0.3 is 0 Å². The SMILES string of the molecule is C=N/C(=N\CN1c2cccc(/C=C\C=C/C)c2-c2ccccc2-n2c1nc1ccccc12)c1ccccc1. The van der Waals surface area contributed by atoms with Crippen LogP contribution in [0.2, 0.25) is 0 Å². The van der Waals surface area contributed by atoms with E-state index in [1.807, 2.05) is 55.5 Å². The molecule has 1 aliphatic heterocycles. The number of para-hydroxylation sites is 3. The number of amidine groups is 1. The lowest BCUT2D eigenvalue weighted by Gasteiger charge is -2.23. The van der Waals surface area contributed by atoms with E-state index in [0.717, 1.165) is 50.6 Å². The fourth-order valence-corrected chi connectivity index (χ4v) is 5.00. The van der Waals surface area contributed by atoms with Crippen molar-refractivity contribution in [3.05, 3.63) is 126 Å². The summed E-state index contributed by atoms with van der Waals surface area (Å²) in [4.78, 5) is 16.5. The van der Waals surface area contributed by atoms with E-state index in [1.54, 1.807) is 0 Å².